The average molecular weight is 509 g/mol. The number of fused-ring (bicyclic) bond motifs is 2. The fourth-order valence-corrected chi connectivity index (χ4v) is 5.10. The minimum atomic E-state index is -0.578. The summed E-state index contributed by atoms with van der Waals surface area (Å²) in [5, 5.41) is 4.82. The van der Waals surface area contributed by atoms with Crippen molar-refractivity contribution in [3.05, 3.63) is 106 Å². The normalized spacial score (nSPS) is 14.3. The third kappa shape index (κ3) is 3.54. The molecule has 0 bridgehead atoms. The highest BCUT2D eigenvalue weighted by Gasteiger charge is 2.40. The third-order valence-electron chi connectivity index (χ3n) is 6.11. The topological polar surface area (TPSA) is 117 Å². The zero-order valence-electron chi connectivity index (χ0n) is 19.2. The molecule has 1 N–H and O–H groups in total. The highest BCUT2D eigenvalue weighted by molar-refractivity contribution is 7.13. The van der Waals surface area contributed by atoms with Gasteiger partial charge in [-0.2, -0.15) is 0 Å². The summed E-state index contributed by atoms with van der Waals surface area (Å²) in [5.41, 5.74) is 1.78. The third-order valence-corrected chi connectivity index (χ3v) is 6.98. The fraction of sp³-hybridized carbons (Fsp3) is 0.0370. The number of aromatic nitrogens is 1. The van der Waals surface area contributed by atoms with Crippen LogP contribution in [-0.4, -0.2) is 34.5 Å². The summed E-state index contributed by atoms with van der Waals surface area (Å²) >= 11 is 1.24. The fourth-order valence-electron chi connectivity index (χ4n) is 4.41. The summed E-state index contributed by atoms with van der Waals surface area (Å²) < 4.78 is 0. The Kier molecular flexibility index (Phi) is 5.06. The molecule has 0 unspecified atom stereocenters. The predicted octanol–water partition coefficient (Wildman–Crippen LogP) is 4.31. The minimum Gasteiger partial charge on any atom is -0.298 e. The maximum absolute atomic E-state index is 13.2. The Morgan fingerprint density at radius 3 is 1.54 bits per heavy atom. The first-order valence-electron chi connectivity index (χ1n) is 11.2. The number of nitrogens with zero attached hydrogens (tertiary/aromatic N) is 3. The number of benzene rings is 3. The number of hydrogen-bond acceptors (Lipinski definition) is 7. The maximum Gasteiger partial charge on any atom is 0.266 e. The van der Waals surface area contributed by atoms with Gasteiger partial charge in [-0.3, -0.25) is 29.3 Å². The van der Waals surface area contributed by atoms with E-state index in [1.165, 1.54) is 29.5 Å². The number of imide groups is 2. The largest absolute Gasteiger partial charge is 0.298 e. The van der Waals surface area contributed by atoms with Gasteiger partial charge in [-0.15, -0.1) is 11.3 Å². The van der Waals surface area contributed by atoms with Crippen molar-refractivity contribution >= 4 is 57.4 Å². The minimum absolute atomic E-state index is 0.0356. The zero-order chi connectivity index (χ0) is 25.8. The first-order valence-corrected chi connectivity index (χ1v) is 12.1. The van der Waals surface area contributed by atoms with Crippen LogP contribution in [0.5, 0.6) is 0 Å². The van der Waals surface area contributed by atoms with Crippen LogP contribution in [0.25, 0.3) is 0 Å². The van der Waals surface area contributed by atoms with Crippen molar-refractivity contribution in [1.82, 2.24) is 4.98 Å². The Bertz CT molecular complexity index is 1530. The molecule has 1 aromatic heterocycles. The molecule has 3 aromatic carbocycles. The molecule has 9 nitrogen and oxygen atoms in total. The van der Waals surface area contributed by atoms with Crippen molar-refractivity contribution in [3.8, 4) is 0 Å². The number of rotatable bonds is 4. The van der Waals surface area contributed by atoms with Gasteiger partial charge in [-0.05, 0) is 49.4 Å². The van der Waals surface area contributed by atoms with E-state index in [1.807, 2.05) is 0 Å². The molecule has 6 rings (SSSR count). The molecule has 10 heteroatoms. The van der Waals surface area contributed by atoms with E-state index in [2.05, 4.69) is 10.3 Å². The number of aryl methyl sites for hydroxylation is 1. The summed E-state index contributed by atoms with van der Waals surface area (Å²) in [6, 6.07) is 16.9. The lowest BCUT2D eigenvalue weighted by Gasteiger charge is -2.20. The molecule has 3 heterocycles. The SMILES string of the molecule is Cc1csc(NC(=O)c2cc(N3C(=O)c4ccccc4C3=O)cc(N3C(=O)c4ccccc4C3=O)c2)n1. The van der Waals surface area contributed by atoms with Crippen LogP contribution in [0, 0.1) is 6.92 Å². The van der Waals surface area contributed by atoms with Gasteiger partial charge in [0.05, 0.1) is 39.3 Å². The number of hydrogen-bond donors (Lipinski definition) is 1. The summed E-state index contributed by atoms with van der Waals surface area (Å²) in [5.74, 6) is -2.85. The van der Waals surface area contributed by atoms with E-state index in [9.17, 15) is 24.0 Å². The number of carbonyl (C=O) groups is 5. The Hall–Kier alpha value is -4.96. The maximum atomic E-state index is 13.2. The number of nitrogens with one attached hydrogen (secondary N) is 1. The first kappa shape index (κ1) is 22.5. The molecule has 2 aliphatic rings. The van der Waals surface area contributed by atoms with Gasteiger partial charge >= 0.3 is 0 Å². The van der Waals surface area contributed by atoms with Gasteiger partial charge in [0.25, 0.3) is 29.5 Å². The molecule has 4 aromatic rings. The molecule has 0 fully saturated rings. The second-order valence-electron chi connectivity index (χ2n) is 8.47. The van der Waals surface area contributed by atoms with Crippen molar-refractivity contribution in [2.24, 2.45) is 0 Å². The lowest BCUT2D eigenvalue weighted by atomic mass is 10.1. The van der Waals surface area contributed by atoms with E-state index in [4.69, 9.17) is 0 Å². The monoisotopic (exact) mass is 508 g/mol. The van der Waals surface area contributed by atoms with E-state index >= 15 is 0 Å². The predicted molar refractivity (Wildman–Crippen MR) is 136 cm³/mol. The first-order chi connectivity index (χ1) is 17.8. The van der Waals surface area contributed by atoms with E-state index in [-0.39, 0.29) is 39.2 Å². The summed E-state index contributed by atoms with van der Waals surface area (Å²) in [7, 11) is 0. The number of anilines is 3. The van der Waals surface area contributed by atoms with Crippen molar-refractivity contribution in [3.63, 3.8) is 0 Å². The molecule has 0 saturated carbocycles. The summed E-state index contributed by atoms with van der Waals surface area (Å²) in [6.07, 6.45) is 0. The van der Waals surface area contributed by atoms with Gasteiger partial charge in [0.15, 0.2) is 5.13 Å². The van der Waals surface area contributed by atoms with Crippen molar-refractivity contribution < 1.29 is 24.0 Å². The van der Waals surface area contributed by atoms with Crippen molar-refractivity contribution in [2.45, 2.75) is 6.92 Å². The Labute approximate surface area is 214 Å². The van der Waals surface area contributed by atoms with Gasteiger partial charge < -0.3 is 0 Å². The zero-order valence-corrected chi connectivity index (χ0v) is 20.0. The van der Waals surface area contributed by atoms with Crippen LogP contribution in [0.1, 0.15) is 57.5 Å². The molecular weight excluding hydrogens is 492 g/mol. The Balaban J connectivity index is 1.47. The second-order valence-corrected chi connectivity index (χ2v) is 9.33. The van der Waals surface area contributed by atoms with E-state index < -0.39 is 29.5 Å². The molecule has 0 aliphatic carbocycles. The smallest absolute Gasteiger partial charge is 0.266 e. The second kappa shape index (κ2) is 8.32. The quantitative estimate of drug-likeness (QED) is 0.411. The molecule has 0 atom stereocenters. The molecule has 0 spiro atoms. The summed E-state index contributed by atoms with van der Waals surface area (Å²) in [6.45, 7) is 1.79. The van der Waals surface area contributed by atoms with Crippen LogP contribution in [0.3, 0.4) is 0 Å². The molecular formula is C27H16N4O5S. The van der Waals surface area contributed by atoms with E-state index in [1.54, 1.807) is 60.8 Å². The van der Waals surface area contributed by atoms with E-state index in [0.717, 1.165) is 15.5 Å². The molecule has 180 valence electrons. The van der Waals surface area contributed by atoms with E-state index in [0.29, 0.717) is 5.13 Å². The number of thiazole rings is 1. The van der Waals surface area contributed by atoms with Crippen molar-refractivity contribution in [2.75, 3.05) is 15.1 Å². The highest BCUT2D eigenvalue weighted by atomic mass is 32.1. The van der Waals surface area contributed by atoms with Crippen LogP contribution in [-0.2, 0) is 0 Å². The lowest BCUT2D eigenvalue weighted by molar-refractivity contribution is 0.0912. The molecule has 5 amide bonds. The Morgan fingerprint density at radius 2 is 1.16 bits per heavy atom. The highest BCUT2D eigenvalue weighted by Crippen LogP contribution is 2.35. The van der Waals surface area contributed by atoms with Gasteiger partial charge in [-0.1, -0.05) is 24.3 Å². The van der Waals surface area contributed by atoms with Gasteiger partial charge in [0.2, 0.25) is 0 Å². The molecule has 37 heavy (non-hydrogen) atoms. The van der Waals surface area contributed by atoms with Gasteiger partial charge in [-0.25, -0.2) is 14.8 Å². The van der Waals surface area contributed by atoms with Crippen LogP contribution in [0.4, 0.5) is 16.5 Å². The molecule has 0 saturated heterocycles. The lowest BCUT2D eigenvalue weighted by Crippen LogP contribution is -2.32. The van der Waals surface area contributed by atoms with Crippen LogP contribution in [0.2, 0.25) is 0 Å². The number of carbonyl (C=O) groups excluding carboxylic acids is 5. The standard InChI is InChI=1S/C27H16N4O5S/c1-14-13-37-27(28-14)29-22(32)15-10-16(30-23(33)18-6-2-3-7-19(18)24(30)34)12-17(11-15)31-25(35)20-8-4-5-9-21(20)26(31)36/h2-13H,1H3,(H,28,29,32). The van der Waals surface area contributed by atoms with Crippen molar-refractivity contribution in [1.29, 1.82) is 0 Å². The summed E-state index contributed by atoms with van der Waals surface area (Å²) in [4.78, 5) is 72.0. The van der Waals surface area contributed by atoms with Gasteiger partial charge in [0, 0.05) is 10.9 Å². The van der Waals surface area contributed by atoms with Crippen LogP contribution < -0.4 is 15.1 Å². The molecule has 0 radical (unpaired) electrons. The average Bonchev–Trinajstić information content (AvgIpc) is 3.51. The molecule has 2 aliphatic heterocycles. The van der Waals surface area contributed by atoms with Crippen LogP contribution >= 0.6 is 11.3 Å². The number of amides is 5. The Morgan fingerprint density at radius 1 is 0.730 bits per heavy atom. The van der Waals surface area contributed by atoms with Crippen LogP contribution in [0.15, 0.2) is 72.1 Å². The van der Waals surface area contributed by atoms with Gasteiger partial charge in [0.1, 0.15) is 0 Å².